The number of sulfonamides is 1. The number of hydrogen-bond donors (Lipinski definition) is 1. The summed E-state index contributed by atoms with van der Waals surface area (Å²) in [7, 11) is -1.55. The summed E-state index contributed by atoms with van der Waals surface area (Å²) in [6.45, 7) is 1.31. The maximum Gasteiger partial charge on any atom is 0.243 e. The van der Waals surface area contributed by atoms with E-state index in [-0.39, 0.29) is 18.4 Å². The van der Waals surface area contributed by atoms with E-state index in [0.29, 0.717) is 18.0 Å². The van der Waals surface area contributed by atoms with Gasteiger partial charge in [-0.1, -0.05) is 30.3 Å². The lowest BCUT2D eigenvalue weighted by Gasteiger charge is -2.24. The van der Waals surface area contributed by atoms with Gasteiger partial charge in [0, 0.05) is 19.1 Å². The minimum Gasteiger partial charge on any atom is -0.318 e. The largest absolute Gasteiger partial charge is 0.318 e. The third-order valence-corrected chi connectivity index (χ3v) is 6.04. The molecule has 0 aliphatic carbocycles. The van der Waals surface area contributed by atoms with Crippen LogP contribution >= 0.6 is 12.4 Å². The van der Waals surface area contributed by atoms with Crippen molar-refractivity contribution in [2.45, 2.75) is 23.8 Å². The highest BCUT2D eigenvalue weighted by molar-refractivity contribution is 7.89. The molecule has 1 atom stereocenters. The van der Waals surface area contributed by atoms with Crippen LogP contribution in [0.3, 0.4) is 0 Å². The molecule has 6 heteroatoms. The van der Waals surface area contributed by atoms with Crippen LogP contribution in [-0.4, -0.2) is 38.9 Å². The molecule has 0 amide bonds. The van der Waals surface area contributed by atoms with Crippen LogP contribution in [0.2, 0.25) is 0 Å². The predicted molar refractivity (Wildman–Crippen MR) is 92.0 cm³/mol. The zero-order valence-electron chi connectivity index (χ0n) is 12.5. The van der Waals surface area contributed by atoms with Crippen LogP contribution in [0.1, 0.15) is 12.8 Å². The molecule has 1 aliphatic heterocycles. The van der Waals surface area contributed by atoms with Crippen molar-refractivity contribution in [3.8, 4) is 0 Å². The Balaban J connectivity index is 0.00000176. The van der Waals surface area contributed by atoms with Crippen LogP contribution < -0.4 is 5.32 Å². The summed E-state index contributed by atoms with van der Waals surface area (Å²) in [6.07, 6.45) is 1.85. The van der Waals surface area contributed by atoms with Gasteiger partial charge in [-0.05, 0) is 42.8 Å². The predicted octanol–water partition coefficient (Wildman–Crippen LogP) is 2.63. The molecule has 0 spiro atoms. The highest BCUT2D eigenvalue weighted by Gasteiger charge is 2.34. The minimum atomic E-state index is -3.41. The van der Waals surface area contributed by atoms with Gasteiger partial charge in [-0.25, -0.2) is 8.42 Å². The number of benzene rings is 2. The molecule has 2 aromatic rings. The van der Waals surface area contributed by atoms with Crippen molar-refractivity contribution >= 4 is 33.2 Å². The molecule has 4 nitrogen and oxygen atoms in total. The highest BCUT2D eigenvalue weighted by atomic mass is 35.5. The third-order valence-electron chi connectivity index (χ3n) is 4.09. The van der Waals surface area contributed by atoms with E-state index in [1.807, 2.05) is 37.4 Å². The molecule has 0 saturated carbocycles. The SMILES string of the molecule is CNCC1CCCN1S(=O)(=O)c1ccc2ccccc2c1.Cl. The summed E-state index contributed by atoms with van der Waals surface area (Å²) in [4.78, 5) is 0.393. The molecule has 120 valence electrons. The van der Waals surface area contributed by atoms with Gasteiger partial charge in [0.25, 0.3) is 0 Å². The van der Waals surface area contributed by atoms with Crippen molar-refractivity contribution < 1.29 is 8.42 Å². The van der Waals surface area contributed by atoms with Crippen molar-refractivity contribution in [1.82, 2.24) is 9.62 Å². The fourth-order valence-corrected chi connectivity index (χ4v) is 4.76. The van der Waals surface area contributed by atoms with Gasteiger partial charge >= 0.3 is 0 Å². The van der Waals surface area contributed by atoms with Gasteiger partial charge in [-0.15, -0.1) is 12.4 Å². The van der Waals surface area contributed by atoms with Crippen LogP contribution in [0.25, 0.3) is 10.8 Å². The van der Waals surface area contributed by atoms with Crippen molar-refractivity contribution in [3.05, 3.63) is 42.5 Å². The molecule has 1 unspecified atom stereocenters. The van der Waals surface area contributed by atoms with Gasteiger partial charge < -0.3 is 5.32 Å². The standard InChI is InChI=1S/C16H20N2O2S.ClH/c1-17-12-15-7-4-10-18(15)21(19,20)16-9-8-13-5-2-3-6-14(13)11-16;/h2-3,5-6,8-9,11,15,17H,4,7,10,12H2,1H3;1H. The summed E-state index contributed by atoms with van der Waals surface area (Å²) in [5, 5.41) is 5.11. The summed E-state index contributed by atoms with van der Waals surface area (Å²) < 4.78 is 27.4. The van der Waals surface area contributed by atoms with E-state index in [4.69, 9.17) is 0 Å². The van der Waals surface area contributed by atoms with Crippen LogP contribution in [0.4, 0.5) is 0 Å². The Labute approximate surface area is 138 Å². The lowest BCUT2D eigenvalue weighted by molar-refractivity contribution is 0.379. The normalized spacial score (nSPS) is 19.2. The van der Waals surface area contributed by atoms with E-state index >= 15 is 0 Å². The Morgan fingerprint density at radius 3 is 2.64 bits per heavy atom. The molecule has 1 heterocycles. The van der Waals surface area contributed by atoms with Crippen molar-refractivity contribution in [3.63, 3.8) is 0 Å². The van der Waals surface area contributed by atoms with E-state index in [1.165, 1.54) is 0 Å². The smallest absolute Gasteiger partial charge is 0.243 e. The fourth-order valence-electron chi connectivity index (χ4n) is 3.03. The molecule has 1 saturated heterocycles. The first-order valence-corrected chi connectivity index (χ1v) is 8.72. The van der Waals surface area contributed by atoms with Crippen LogP contribution in [-0.2, 0) is 10.0 Å². The van der Waals surface area contributed by atoms with Gasteiger partial charge in [-0.3, -0.25) is 0 Å². The second-order valence-electron chi connectivity index (χ2n) is 5.48. The Kier molecular flexibility index (Phi) is 5.45. The zero-order chi connectivity index (χ0) is 14.9. The molecule has 0 aromatic heterocycles. The van der Waals surface area contributed by atoms with E-state index in [9.17, 15) is 8.42 Å². The number of halogens is 1. The highest BCUT2D eigenvalue weighted by Crippen LogP contribution is 2.27. The first-order chi connectivity index (χ1) is 10.1. The van der Waals surface area contributed by atoms with Crippen molar-refractivity contribution in [2.24, 2.45) is 0 Å². The summed E-state index contributed by atoms with van der Waals surface area (Å²) in [5.74, 6) is 0. The monoisotopic (exact) mass is 340 g/mol. The van der Waals surface area contributed by atoms with Crippen LogP contribution in [0.5, 0.6) is 0 Å². The summed E-state index contributed by atoms with van der Waals surface area (Å²) in [5.41, 5.74) is 0. The molecule has 22 heavy (non-hydrogen) atoms. The Hall–Kier alpha value is -1.14. The number of hydrogen-bond acceptors (Lipinski definition) is 3. The van der Waals surface area contributed by atoms with Crippen LogP contribution in [0, 0.1) is 0 Å². The molecular weight excluding hydrogens is 320 g/mol. The van der Waals surface area contributed by atoms with Crippen molar-refractivity contribution in [2.75, 3.05) is 20.1 Å². The van der Waals surface area contributed by atoms with Gasteiger partial charge in [0.05, 0.1) is 4.90 Å². The zero-order valence-corrected chi connectivity index (χ0v) is 14.2. The Morgan fingerprint density at radius 2 is 1.91 bits per heavy atom. The first-order valence-electron chi connectivity index (χ1n) is 7.28. The Morgan fingerprint density at radius 1 is 1.18 bits per heavy atom. The Bertz CT molecular complexity index is 749. The lowest BCUT2D eigenvalue weighted by Crippen LogP contribution is -2.40. The lowest BCUT2D eigenvalue weighted by atomic mass is 10.1. The minimum absolute atomic E-state index is 0. The number of fused-ring (bicyclic) bond motifs is 1. The van der Waals surface area contributed by atoms with E-state index in [0.717, 1.165) is 23.6 Å². The number of likely N-dealkylation sites (N-methyl/N-ethyl adjacent to an activating group) is 1. The van der Waals surface area contributed by atoms with E-state index in [1.54, 1.807) is 16.4 Å². The maximum atomic E-state index is 12.9. The van der Waals surface area contributed by atoms with Gasteiger partial charge in [-0.2, -0.15) is 4.31 Å². The quantitative estimate of drug-likeness (QED) is 0.930. The van der Waals surface area contributed by atoms with E-state index < -0.39 is 10.0 Å². The molecule has 3 rings (SSSR count). The summed E-state index contributed by atoms with van der Waals surface area (Å²) in [6, 6.07) is 13.3. The fraction of sp³-hybridized carbons (Fsp3) is 0.375. The average molecular weight is 341 g/mol. The van der Waals surface area contributed by atoms with Gasteiger partial charge in [0.1, 0.15) is 0 Å². The molecular formula is C16H21ClN2O2S. The summed E-state index contributed by atoms with van der Waals surface area (Å²) >= 11 is 0. The third kappa shape index (κ3) is 3.13. The van der Waals surface area contributed by atoms with Crippen LogP contribution in [0.15, 0.2) is 47.4 Å². The molecule has 0 radical (unpaired) electrons. The first kappa shape index (κ1) is 17.2. The molecule has 0 bridgehead atoms. The molecule has 1 aliphatic rings. The number of nitrogens with zero attached hydrogens (tertiary/aromatic N) is 1. The van der Waals surface area contributed by atoms with Gasteiger partial charge in [0.2, 0.25) is 10.0 Å². The number of nitrogens with one attached hydrogen (secondary N) is 1. The molecule has 1 fully saturated rings. The topological polar surface area (TPSA) is 49.4 Å². The second-order valence-corrected chi connectivity index (χ2v) is 7.37. The maximum absolute atomic E-state index is 12.9. The van der Waals surface area contributed by atoms with E-state index in [2.05, 4.69) is 5.32 Å². The van der Waals surface area contributed by atoms with Gasteiger partial charge in [0.15, 0.2) is 0 Å². The second kappa shape index (κ2) is 6.96. The molecule has 1 N–H and O–H groups in total. The number of rotatable bonds is 4. The average Bonchev–Trinajstić information content (AvgIpc) is 2.96. The molecule has 2 aromatic carbocycles. The van der Waals surface area contributed by atoms with Crippen molar-refractivity contribution in [1.29, 1.82) is 0 Å².